The molecule has 0 amide bonds. The Morgan fingerprint density at radius 2 is 1.90 bits per heavy atom. The van der Waals surface area contributed by atoms with Gasteiger partial charge in [-0.3, -0.25) is 4.98 Å². The predicted octanol–water partition coefficient (Wildman–Crippen LogP) is 4.99. The molecule has 0 spiro atoms. The largest absolute Gasteiger partial charge is 0.434 e. The zero-order valence-electron chi connectivity index (χ0n) is 14.9. The molecule has 156 valence electrons. The minimum absolute atomic E-state index is 0.0290. The molecule has 0 saturated heterocycles. The molecule has 0 aliphatic carbocycles. The first-order chi connectivity index (χ1) is 14.8. The van der Waals surface area contributed by atoms with Crippen molar-refractivity contribution >= 4 is 33.7 Å². The van der Waals surface area contributed by atoms with Crippen molar-refractivity contribution in [1.29, 1.82) is 0 Å². The number of hydrogen-bond donors (Lipinski definition) is 0. The molecule has 7 nitrogen and oxygen atoms in total. The van der Waals surface area contributed by atoms with Crippen LogP contribution in [0, 0.1) is 5.82 Å². The molecular weight excluding hydrogens is 444 g/mol. The summed E-state index contributed by atoms with van der Waals surface area (Å²) in [5.41, 5.74) is -4.27. The van der Waals surface area contributed by atoms with Gasteiger partial charge < -0.3 is 8.94 Å². The third kappa shape index (κ3) is 2.88. The Balaban J connectivity index is 1.93. The summed E-state index contributed by atoms with van der Waals surface area (Å²) in [6, 6.07) is 6.48. The third-order valence-corrected chi connectivity index (χ3v) is 4.84. The normalized spacial score (nSPS) is 12.2. The predicted molar refractivity (Wildman–Crippen MR) is 100 cm³/mol. The van der Waals surface area contributed by atoms with Crippen LogP contribution in [0.15, 0.2) is 56.5 Å². The van der Waals surface area contributed by atoms with Crippen molar-refractivity contribution < 1.29 is 26.5 Å². The summed E-state index contributed by atoms with van der Waals surface area (Å²) >= 11 is 6.02. The van der Waals surface area contributed by atoms with E-state index in [4.69, 9.17) is 20.5 Å². The van der Waals surface area contributed by atoms with Gasteiger partial charge in [-0.05, 0) is 24.3 Å². The lowest BCUT2D eigenvalue weighted by Crippen LogP contribution is -2.13. The highest BCUT2D eigenvalue weighted by Gasteiger charge is 2.41. The number of rotatable bonds is 2. The van der Waals surface area contributed by atoms with Gasteiger partial charge in [0.1, 0.15) is 22.3 Å². The van der Waals surface area contributed by atoms with E-state index in [0.717, 1.165) is 12.3 Å². The monoisotopic (exact) mass is 450 g/mol. The van der Waals surface area contributed by atoms with Gasteiger partial charge in [-0.1, -0.05) is 22.8 Å². The molecule has 0 N–H and O–H groups in total. The maximum atomic E-state index is 14.4. The van der Waals surface area contributed by atoms with E-state index >= 15 is 0 Å². The third-order valence-electron chi connectivity index (χ3n) is 4.52. The van der Waals surface area contributed by atoms with Gasteiger partial charge in [0, 0.05) is 6.20 Å². The minimum Gasteiger partial charge on any atom is -0.401 e. The van der Waals surface area contributed by atoms with Gasteiger partial charge >= 0.3 is 11.8 Å². The number of alkyl halides is 3. The Hall–Kier alpha value is -3.73. The summed E-state index contributed by atoms with van der Waals surface area (Å²) < 4.78 is 67.2. The Bertz CT molecular complexity index is 1500. The molecule has 31 heavy (non-hydrogen) atoms. The molecule has 12 heteroatoms. The molecule has 5 rings (SSSR count). The molecule has 0 atom stereocenters. The van der Waals surface area contributed by atoms with Gasteiger partial charge in [0.05, 0.1) is 22.5 Å². The average Bonchev–Trinajstić information content (AvgIpc) is 3.31. The lowest BCUT2D eigenvalue weighted by molar-refractivity contribution is -0.141. The molecule has 0 bridgehead atoms. The van der Waals surface area contributed by atoms with E-state index in [-0.39, 0.29) is 22.0 Å². The second-order valence-corrected chi connectivity index (χ2v) is 6.78. The SMILES string of the molecule is O=c1oc2nn(-c3cccnc3)c(C(F)(F)F)c2c2onc(-c3c(F)cccc3Cl)c12. The quantitative estimate of drug-likeness (QED) is 0.352. The molecule has 5 aromatic rings. The number of hydrogen-bond acceptors (Lipinski definition) is 6. The summed E-state index contributed by atoms with van der Waals surface area (Å²) in [6.07, 6.45) is -2.40. The van der Waals surface area contributed by atoms with Gasteiger partial charge in [0.15, 0.2) is 11.3 Å². The van der Waals surface area contributed by atoms with E-state index < -0.39 is 45.4 Å². The molecule has 0 fully saturated rings. The van der Waals surface area contributed by atoms with Gasteiger partial charge in [-0.25, -0.2) is 13.9 Å². The zero-order valence-corrected chi connectivity index (χ0v) is 15.7. The first kappa shape index (κ1) is 19.2. The van der Waals surface area contributed by atoms with Crippen LogP contribution in [-0.2, 0) is 6.18 Å². The van der Waals surface area contributed by atoms with E-state index in [1.807, 2.05) is 0 Å². The molecule has 1 aromatic carbocycles. The first-order valence-electron chi connectivity index (χ1n) is 8.54. The number of benzene rings is 1. The van der Waals surface area contributed by atoms with Crippen LogP contribution in [0.2, 0.25) is 5.02 Å². The molecule has 0 unspecified atom stereocenters. The van der Waals surface area contributed by atoms with Gasteiger partial charge in [0.25, 0.3) is 5.71 Å². The van der Waals surface area contributed by atoms with Gasteiger partial charge in [0.2, 0.25) is 0 Å². The Morgan fingerprint density at radius 3 is 2.58 bits per heavy atom. The summed E-state index contributed by atoms with van der Waals surface area (Å²) in [4.78, 5) is 16.4. The number of halogens is 5. The lowest BCUT2D eigenvalue weighted by atomic mass is 10.1. The van der Waals surface area contributed by atoms with Crippen LogP contribution < -0.4 is 5.63 Å². The van der Waals surface area contributed by atoms with Crippen molar-refractivity contribution in [3.05, 3.63) is 69.7 Å². The zero-order chi connectivity index (χ0) is 21.9. The van der Waals surface area contributed by atoms with Crippen molar-refractivity contribution in [3.8, 4) is 16.9 Å². The Morgan fingerprint density at radius 1 is 1.10 bits per heavy atom. The second-order valence-electron chi connectivity index (χ2n) is 6.37. The summed E-state index contributed by atoms with van der Waals surface area (Å²) in [6.45, 7) is 0. The number of aromatic nitrogens is 4. The molecule has 0 aliphatic heterocycles. The lowest BCUT2D eigenvalue weighted by Gasteiger charge is -2.09. The van der Waals surface area contributed by atoms with Crippen molar-refractivity contribution in [3.63, 3.8) is 0 Å². The summed E-state index contributed by atoms with van der Waals surface area (Å²) in [5.74, 6) is -0.843. The highest BCUT2D eigenvalue weighted by atomic mass is 35.5. The van der Waals surface area contributed by atoms with Crippen molar-refractivity contribution in [2.24, 2.45) is 0 Å². The van der Waals surface area contributed by atoms with E-state index in [1.165, 1.54) is 30.5 Å². The number of nitrogens with zero attached hydrogens (tertiary/aromatic N) is 4. The van der Waals surface area contributed by atoms with E-state index in [1.54, 1.807) is 0 Å². The highest BCUT2D eigenvalue weighted by molar-refractivity contribution is 6.33. The number of fused-ring (bicyclic) bond motifs is 3. The maximum Gasteiger partial charge on any atom is 0.434 e. The molecular formula is C19H7ClF4N4O3. The second kappa shape index (κ2) is 6.64. The molecule has 0 radical (unpaired) electrons. The highest BCUT2D eigenvalue weighted by Crippen LogP contribution is 2.41. The van der Waals surface area contributed by atoms with Crippen LogP contribution in [0.5, 0.6) is 0 Å². The molecule has 4 aromatic heterocycles. The molecule has 0 aliphatic rings. The molecule has 4 heterocycles. The van der Waals surface area contributed by atoms with Crippen molar-refractivity contribution in [2.45, 2.75) is 6.18 Å². The Kier molecular flexibility index (Phi) is 4.12. The number of pyridine rings is 1. The first-order valence-corrected chi connectivity index (χ1v) is 8.92. The van der Waals surface area contributed by atoms with Crippen LogP contribution in [-0.4, -0.2) is 19.9 Å². The topological polar surface area (TPSA) is 87.0 Å². The molecule has 0 saturated carbocycles. The minimum atomic E-state index is -4.93. The Labute approximate surface area is 173 Å². The summed E-state index contributed by atoms with van der Waals surface area (Å²) in [5, 5.41) is 6.16. The fourth-order valence-electron chi connectivity index (χ4n) is 3.29. The van der Waals surface area contributed by atoms with Crippen LogP contribution in [0.25, 0.3) is 39.0 Å². The van der Waals surface area contributed by atoms with Crippen molar-refractivity contribution in [1.82, 2.24) is 19.9 Å². The maximum absolute atomic E-state index is 14.4. The average molecular weight is 451 g/mol. The van der Waals surface area contributed by atoms with Crippen LogP contribution in [0.4, 0.5) is 17.6 Å². The fraction of sp³-hybridized carbons (Fsp3) is 0.0526. The van der Waals surface area contributed by atoms with E-state index in [9.17, 15) is 22.4 Å². The van der Waals surface area contributed by atoms with E-state index in [2.05, 4.69) is 15.2 Å². The standard InChI is InChI=1S/C19H7ClF4N4O3/c20-9-4-1-5-10(21)11(9)14-12-15(31-27-14)13-16(19(22,23)24)28(8-3-2-6-25-7-8)26-17(13)30-18(12)29/h1-7H. The van der Waals surface area contributed by atoms with E-state index in [0.29, 0.717) is 4.68 Å². The fourth-order valence-corrected chi connectivity index (χ4v) is 3.54. The van der Waals surface area contributed by atoms with Gasteiger partial charge in [-0.2, -0.15) is 13.2 Å². The smallest absolute Gasteiger partial charge is 0.401 e. The van der Waals surface area contributed by atoms with Crippen LogP contribution >= 0.6 is 11.6 Å². The van der Waals surface area contributed by atoms with Crippen LogP contribution in [0.3, 0.4) is 0 Å². The van der Waals surface area contributed by atoms with Crippen LogP contribution in [0.1, 0.15) is 5.69 Å². The van der Waals surface area contributed by atoms with Gasteiger partial charge in [-0.15, -0.1) is 5.10 Å². The summed E-state index contributed by atoms with van der Waals surface area (Å²) in [7, 11) is 0. The van der Waals surface area contributed by atoms with Crippen molar-refractivity contribution in [2.75, 3.05) is 0 Å².